The Morgan fingerprint density at radius 1 is 0.353 bits per heavy atom. The molecule has 0 bridgehead atoms. The minimum Gasteiger partial charge on any atom is -0.508 e. The number of aromatic hydroxyl groups is 6. The molecule has 6 aromatic carbocycles. The van der Waals surface area contributed by atoms with Gasteiger partial charge in [-0.3, -0.25) is 0 Å². The van der Waals surface area contributed by atoms with Crippen molar-refractivity contribution in [2.24, 2.45) is 0 Å². The quantitative estimate of drug-likeness (QED) is 0.0605. The van der Waals surface area contributed by atoms with Crippen molar-refractivity contribution in [3.63, 3.8) is 0 Å². The highest BCUT2D eigenvalue weighted by Gasteiger charge is 2.17. The highest BCUT2D eigenvalue weighted by atomic mass is 16.3. The van der Waals surface area contributed by atoms with Gasteiger partial charge in [-0.15, -0.1) is 0 Å². The van der Waals surface area contributed by atoms with Crippen LogP contribution < -0.4 is 0 Å². The van der Waals surface area contributed by atoms with Crippen LogP contribution in [0, 0.1) is 0 Å². The maximum Gasteiger partial charge on any atom is 0.115 e. The fraction of sp³-hybridized carbons (Fsp3) is 0.419. The van der Waals surface area contributed by atoms with Crippen LogP contribution in [0.1, 0.15) is 173 Å². The molecule has 0 aliphatic carbocycles. The second-order valence-corrected chi connectivity index (χ2v) is 19.3. The number of hydrogen-bond donors (Lipinski definition) is 6. The summed E-state index contributed by atoms with van der Waals surface area (Å²) in [7, 11) is 0. The molecule has 0 saturated heterocycles. The Labute approximate surface area is 412 Å². The van der Waals surface area contributed by atoms with Crippen LogP contribution in [-0.4, -0.2) is 30.6 Å². The largest absolute Gasteiger partial charge is 0.508 e. The summed E-state index contributed by atoms with van der Waals surface area (Å²) in [5.41, 5.74) is 8.07. The van der Waals surface area contributed by atoms with Crippen LogP contribution in [0.15, 0.2) is 146 Å². The SMILES string of the molecule is CC(C)(C)c1ccc(O)cc1.CC(C)c1ccc(O)cc1.CCC(C)(C)c1ccc(O)cc1.CCCCCCCCCc1ccc(O)cc1.CCCc1ccc(O)cc1.CCc1ccc(O)cc1. The van der Waals surface area contributed by atoms with Crippen molar-refractivity contribution in [1.29, 1.82) is 0 Å². The number of hydrogen-bond acceptors (Lipinski definition) is 6. The predicted octanol–water partition coefficient (Wildman–Crippen LogP) is 17.3. The van der Waals surface area contributed by atoms with E-state index in [1.54, 1.807) is 72.8 Å². The summed E-state index contributed by atoms with van der Waals surface area (Å²) in [6.07, 6.45) is 15.0. The summed E-state index contributed by atoms with van der Waals surface area (Å²) < 4.78 is 0. The Balaban J connectivity index is 0.000000412. The summed E-state index contributed by atoms with van der Waals surface area (Å²) >= 11 is 0. The van der Waals surface area contributed by atoms with Gasteiger partial charge in [-0.25, -0.2) is 0 Å². The van der Waals surface area contributed by atoms with Gasteiger partial charge in [0.1, 0.15) is 34.5 Å². The van der Waals surface area contributed by atoms with Gasteiger partial charge < -0.3 is 30.6 Å². The summed E-state index contributed by atoms with van der Waals surface area (Å²) in [6, 6.07) is 44.4. The Hall–Kier alpha value is -5.88. The Morgan fingerprint density at radius 3 is 1.01 bits per heavy atom. The van der Waals surface area contributed by atoms with Gasteiger partial charge in [0.05, 0.1) is 0 Å². The van der Waals surface area contributed by atoms with Crippen LogP contribution in [0.25, 0.3) is 0 Å². The highest BCUT2D eigenvalue weighted by molar-refractivity contribution is 5.32. The van der Waals surface area contributed by atoms with E-state index in [-0.39, 0.29) is 10.8 Å². The molecule has 0 aliphatic heterocycles. The molecule has 68 heavy (non-hydrogen) atoms. The molecule has 6 N–H and O–H groups in total. The Bertz CT molecular complexity index is 2110. The molecular weight excluding hydrogens is 841 g/mol. The molecule has 0 aromatic heterocycles. The van der Waals surface area contributed by atoms with Crippen molar-refractivity contribution in [3.05, 3.63) is 179 Å². The molecule has 372 valence electrons. The first kappa shape index (κ1) is 60.1. The number of phenolic OH excluding ortho intramolecular Hbond substituents is 6. The lowest BCUT2D eigenvalue weighted by Gasteiger charge is -2.22. The Morgan fingerprint density at radius 2 is 0.676 bits per heavy atom. The zero-order chi connectivity index (χ0) is 51.0. The molecule has 0 spiro atoms. The standard InChI is InChI=1S/C15H24O.C11H16O.C10H14O.2C9H12O.C8H10O/c1-2-3-4-5-6-7-8-9-14-10-12-15(16)13-11-14;1-4-11(2,3)9-5-7-10(12)8-6-9;1-10(2,3)8-4-6-9(11)7-5-8;1-7(2)8-3-5-9(10)6-4-8;1-2-3-8-4-6-9(10)7-5-8;1-2-7-3-5-8(9)6-4-7/h10-13,16H,2-9H2,1H3;5-8,12H,4H2,1-3H3;4-7,11H,1-3H3;3-7,10H,1-2H3;4-7,10H,2-3H2,1H3;3-6,9H,2H2,1H3. The van der Waals surface area contributed by atoms with E-state index < -0.39 is 0 Å². The molecule has 6 nitrogen and oxygen atoms in total. The third-order valence-corrected chi connectivity index (χ3v) is 11.7. The van der Waals surface area contributed by atoms with Gasteiger partial charge in [-0.1, -0.05) is 194 Å². The van der Waals surface area contributed by atoms with Crippen molar-refractivity contribution < 1.29 is 30.6 Å². The molecule has 0 atom stereocenters. The van der Waals surface area contributed by atoms with E-state index in [0.717, 1.165) is 32.1 Å². The van der Waals surface area contributed by atoms with Crippen LogP contribution in [-0.2, 0) is 30.1 Å². The van der Waals surface area contributed by atoms with Gasteiger partial charge >= 0.3 is 0 Å². The second-order valence-electron chi connectivity index (χ2n) is 19.3. The van der Waals surface area contributed by atoms with E-state index in [1.165, 1.54) is 78.3 Å². The minimum absolute atomic E-state index is 0.174. The normalized spacial score (nSPS) is 10.6. The maximum atomic E-state index is 9.15. The van der Waals surface area contributed by atoms with Gasteiger partial charge in [-0.2, -0.15) is 0 Å². The lowest BCUT2D eigenvalue weighted by Crippen LogP contribution is -2.14. The first-order valence-electron chi connectivity index (χ1n) is 25.0. The minimum atomic E-state index is 0.174. The summed E-state index contributed by atoms with van der Waals surface area (Å²) in [6.45, 7) is 23.8. The van der Waals surface area contributed by atoms with Gasteiger partial charge in [0.25, 0.3) is 0 Å². The molecule has 6 heteroatoms. The monoisotopic (exact) mass is 929 g/mol. The first-order valence-corrected chi connectivity index (χ1v) is 25.0. The van der Waals surface area contributed by atoms with Crippen LogP contribution in [0.2, 0.25) is 0 Å². The Kier molecular flexibility index (Phi) is 29.7. The summed E-state index contributed by atoms with van der Waals surface area (Å²) in [4.78, 5) is 0. The van der Waals surface area contributed by atoms with Gasteiger partial charge in [0.2, 0.25) is 0 Å². The summed E-state index contributed by atoms with van der Waals surface area (Å²) in [5, 5.41) is 54.0. The smallest absolute Gasteiger partial charge is 0.115 e. The number of aryl methyl sites for hydroxylation is 3. The third-order valence-electron chi connectivity index (χ3n) is 11.7. The fourth-order valence-corrected chi connectivity index (χ4v) is 6.57. The zero-order valence-corrected chi connectivity index (χ0v) is 43.6. The average molecular weight is 929 g/mol. The number of unbranched alkanes of at least 4 members (excludes halogenated alkanes) is 6. The van der Waals surface area contributed by atoms with Crippen molar-refractivity contribution in [3.8, 4) is 34.5 Å². The van der Waals surface area contributed by atoms with Gasteiger partial charge in [0, 0.05) is 0 Å². The van der Waals surface area contributed by atoms with E-state index in [9.17, 15) is 0 Å². The molecule has 0 heterocycles. The van der Waals surface area contributed by atoms with Crippen LogP contribution in [0.3, 0.4) is 0 Å². The van der Waals surface area contributed by atoms with Crippen LogP contribution in [0.5, 0.6) is 34.5 Å². The first-order chi connectivity index (χ1) is 32.2. The number of rotatable bonds is 14. The highest BCUT2D eigenvalue weighted by Crippen LogP contribution is 2.28. The van der Waals surface area contributed by atoms with Crippen LogP contribution >= 0.6 is 0 Å². The third kappa shape index (κ3) is 27.7. The van der Waals surface area contributed by atoms with Crippen molar-refractivity contribution in [2.75, 3.05) is 0 Å². The van der Waals surface area contributed by atoms with E-state index in [0.29, 0.717) is 40.4 Å². The van der Waals surface area contributed by atoms with Crippen molar-refractivity contribution in [2.45, 2.75) is 170 Å². The molecule has 0 saturated carbocycles. The van der Waals surface area contributed by atoms with Gasteiger partial charge in [0.15, 0.2) is 0 Å². The maximum absolute atomic E-state index is 9.15. The molecule has 0 fully saturated rings. The van der Waals surface area contributed by atoms with E-state index in [1.807, 2.05) is 72.8 Å². The van der Waals surface area contributed by atoms with E-state index in [2.05, 4.69) is 76.2 Å². The second kappa shape index (κ2) is 33.6. The van der Waals surface area contributed by atoms with E-state index in [4.69, 9.17) is 30.6 Å². The molecule has 0 radical (unpaired) electrons. The van der Waals surface area contributed by atoms with Crippen molar-refractivity contribution >= 4 is 0 Å². The van der Waals surface area contributed by atoms with Crippen molar-refractivity contribution in [1.82, 2.24) is 0 Å². The topological polar surface area (TPSA) is 121 Å². The molecule has 0 unspecified atom stereocenters. The lowest BCUT2D eigenvalue weighted by molar-refractivity contribution is 0.471. The summed E-state index contributed by atoms with van der Waals surface area (Å²) in [5.74, 6) is 2.60. The zero-order valence-electron chi connectivity index (χ0n) is 43.6. The molecule has 0 amide bonds. The lowest BCUT2D eigenvalue weighted by atomic mass is 9.82. The average Bonchev–Trinajstić information content (AvgIpc) is 3.32. The van der Waals surface area contributed by atoms with E-state index >= 15 is 0 Å². The molecule has 6 aromatic rings. The van der Waals surface area contributed by atoms with Crippen LogP contribution in [0.4, 0.5) is 0 Å². The van der Waals surface area contributed by atoms with Gasteiger partial charge in [-0.05, 0) is 155 Å². The molecule has 6 rings (SSSR count). The number of phenols is 6. The molecular formula is C62H88O6. The molecule has 0 aliphatic rings. The predicted molar refractivity (Wildman–Crippen MR) is 290 cm³/mol. The fourth-order valence-electron chi connectivity index (χ4n) is 6.57. The number of benzene rings is 6.